The molecule has 0 rings (SSSR count). The van der Waals surface area contributed by atoms with Gasteiger partial charge in [0.25, 0.3) is 0 Å². The summed E-state index contributed by atoms with van der Waals surface area (Å²) in [4.78, 5) is 0. The third kappa shape index (κ3) is 8.22. The average molecular weight is 189 g/mol. The molecule has 0 aromatic carbocycles. The van der Waals surface area contributed by atoms with Gasteiger partial charge in [0, 0.05) is 12.6 Å². The molecule has 3 nitrogen and oxygen atoms in total. The number of hydrogen-bond acceptors (Lipinski definition) is 3. The van der Waals surface area contributed by atoms with Gasteiger partial charge in [0.15, 0.2) is 0 Å². The van der Waals surface area contributed by atoms with Crippen molar-refractivity contribution in [2.45, 2.75) is 45.8 Å². The Labute approximate surface area is 81.5 Å². The number of aliphatic hydroxyl groups is 1. The Bertz CT molecular complexity index is 124. The fourth-order valence-corrected chi connectivity index (χ4v) is 1.02. The van der Waals surface area contributed by atoms with Crippen LogP contribution in [0.4, 0.5) is 0 Å². The Hall–Kier alpha value is -0.120. The zero-order valence-electron chi connectivity index (χ0n) is 9.26. The summed E-state index contributed by atoms with van der Waals surface area (Å²) >= 11 is 0. The van der Waals surface area contributed by atoms with Gasteiger partial charge in [0.05, 0.1) is 12.2 Å². The molecule has 0 aromatic rings. The van der Waals surface area contributed by atoms with Gasteiger partial charge in [-0.05, 0) is 26.8 Å². The minimum absolute atomic E-state index is 0.420. The summed E-state index contributed by atoms with van der Waals surface area (Å²) in [6.45, 7) is 9.84. The van der Waals surface area contributed by atoms with Crippen molar-refractivity contribution in [3.05, 3.63) is 0 Å². The van der Waals surface area contributed by atoms with E-state index in [0.717, 1.165) is 13.0 Å². The van der Waals surface area contributed by atoms with Gasteiger partial charge in [0.1, 0.15) is 0 Å². The Morgan fingerprint density at radius 3 is 2.54 bits per heavy atom. The first-order valence-electron chi connectivity index (χ1n) is 5.01. The molecule has 0 bridgehead atoms. The lowest BCUT2D eigenvalue weighted by Gasteiger charge is -2.23. The molecule has 0 aromatic heterocycles. The second-order valence-electron chi connectivity index (χ2n) is 3.99. The minimum Gasteiger partial charge on any atom is -0.388 e. The minimum atomic E-state index is -0.697. The van der Waals surface area contributed by atoms with E-state index in [1.807, 2.05) is 13.8 Å². The van der Waals surface area contributed by atoms with Crippen molar-refractivity contribution in [1.29, 1.82) is 0 Å². The van der Waals surface area contributed by atoms with Gasteiger partial charge < -0.3 is 15.2 Å². The third-order valence-electron chi connectivity index (χ3n) is 1.83. The van der Waals surface area contributed by atoms with E-state index in [1.54, 1.807) is 0 Å². The van der Waals surface area contributed by atoms with Crippen molar-refractivity contribution in [2.24, 2.45) is 0 Å². The molecule has 0 fully saturated rings. The van der Waals surface area contributed by atoms with E-state index in [4.69, 9.17) is 4.74 Å². The first kappa shape index (κ1) is 12.9. The van der Waals surface area contributed by atoms with Crippen LogP contribution in [-0.2, 0) is 4.74 Å². The van der Waals surface area contributed by atoms with Gasteiger partial charge in [-0.3, -0.25) is 0 Å². The van der Waals surface area contributed by atoms with E-state index in [2.05, 4.69) is 19.2 Å². The molecule has 0 spiro atoms. The largest absolute Gasteiger partial charge is 0.388 e. The van der Waals surface area contributed by atoms with Gasteiger partial charge >= 0.3 is 0 Å². The maximum absolute atomic E-state index is 9.79. The lowest BCUT2D eigenvalue weighted by atomic mass is 10.0. The molecule has 13 heavy (non-hydrogen) atoms. The first-order valence-corrected chi connectivity index (χ1v) is 5.01. The smallest absolute Gasteiger partial charge is 0.0864 e. The van der Waals surface area contributed by atoms with E-state index in [9.17, 15) is 5.11 Å². The molecule has 0 amide bonds. The Morgan fingerprint density at radius 2 is 2.08 bits per heavy atom. The normalized spacial score (nSPS) is 16.2. The SMILES string of the molecule is CCOCC(C)(O)CCNC(C)C. The van der Waals surface area contributed by atoms with Crippen LogP contribution in [0.25, 0.3) is 0 Å². The summed E-state index contributed by atoms with van der Waals surface area (Å²) < 4.78 is 5.18. The lowest BCUT2D eigenvalue weighted by Crippen LogP contribution is -2.36. The van der Waals surface area contributed by atoms with Crippen molar-refractivity contribution in [2.75, 3.05) is 19.8 Å². The van der Waals surface area contributed by atoms with E-state index >= 15 is 0 Å². The van der Waals surface area contributed by atoms with Crippen LogP contribution in [-0.4, -0.2) is 36.5 Å². The highest BCUT2D eigenvalue weighted by molar-refractivity contribution is 4.73. The maximum atomic E-state index is 9.79. The van der Waals surface area contributed by atoms with Crippen LogP contribution in [0.1, 0.15) is 34.1 Å². The molecule has 2 N–H and O–H groups in total. The van der Waals surface area contributed by atoms with Crippen LogP contribution in [0.5, 0.6) is 0 Å². The highest BCUT2D eigenvalue weighted by Crippen LogP contribution is 2.08. The van der Waals surface area contributed by atoms with Crippen molar-refractivity contribution in [3.63, 3.8) is 0 Å². The molecule has 80 valence electrons. The molecular weight excluding hydrogens is 166 g/mol. The number of ether oxygens (including phenoxy) is 1. The second-order valence-corrected chi connectivity index (χ2v) is 3.99. The number of rotatable bonds is 7. The predicted octanol–water partition coefficient (Wildman–Crippen LogP) is 1.16. The summed E-state index contributed by atoms with van der Waals surface area (Å²) in [6.07, 6.45) is 0.727. The molecule has 0 aliphatic rings. The van der Waals surface area contributed by atoms with Gasteiger partial charge in [-0.1, -0.05) is 13.8 Å². The summed E-state index contributed by atoms with van der Waals surface area (Å²) in [5.41, 5.74) is -0.697. The predicted molar refractivity (Wildman–Crippen MR) is 54.9 cm³/mol. The van der Waals surface area contributed by atoms with Gasteiger partial charge in [-0.15, -0.1) is 0 Å². The fraction of sp³-hybridized carbons (Fsp3) is 1.00. The molecule has 0 saturated heterocycles. The quantitative estimate of drug-likeness (QED) is 0.631. The molecule has 0 radical (unpaired) electrons. The Balaban J connectivity index is 3.50. The average Bonchev–Trinajstić information content (AvgIpc) is 2.00. The van der Waals surface area contributed by atoms with E-state index in [-0.39, 0.29) is 0 Å². The van der Waals surface area contributed by atoms with Crippen molar-refractivity contribution in [1.82, 2.24) is 5.32 Å². The van der Waals surface area contributed by atoms with Crippen molar-refractivity contribution >= 4 is 0 Å². The Kier molecular flexibility index (Phi) is 6.29. The molecular formula is C10H23NO2. The molecule has 0 heterocycles. The van der Waals surface area contributed by atoms with Gasteiger partial charge in [0.2, 0.25) is 0 Å². The molecule has 0 aliphatic carbocycles. The van der Waals surface area contributed by atoms with Crippen LogP contribution in [0.15, 0.2) is 0 Å². The van der Waals surface area contributed by atoms with Crippen molar-refractivity contribution < 1.29 is 9.84 Å². The molecule has 3 heteroatoms. The topological polar surface area (TPSA) is 41.5 Å². The standard InChI is InChI=1S/C10H23NO2/c1-5-13-8-10(4,12)6-7-11-9(2)3/h9,11-12H,5-8H2,1-4H3. The van der Waals surface area contributed by atoms with Crippen LogP contribution in [0.2, 0.25) is 0 Å². The fourth-order valence-electron chi connectivity index (χ4n) is 1.02. The second kappa shape index (κ2) is 6.35. The lowest BCUT2D eigenvalue weighted by molar-refractivity contribution is -0.0352. The third-order valence-corrected chi connectivity index (χ3v) is 1.83. The molecule has 0 aliphatic heterocycles. The van der Waals surface area contributed by atoms with Gasteiger partial charge in [-0.25, -0.2) is 0 Å². The molecule has 1 unspecified atom stereocenters. The molecule has 0 saturated carbocycles. The number of hydrogen-bond donors (Lipinski definition) is 2. The van der Waals surface area contributed by atoms with E-state index < -0.39 is 5.60 Å². The zero-order valence-corrected chi connectivity index (χ0v) is 9.26. The zero-order chi connectivity index (χ0) is 10.3. The summed E-state index contributed by atoms with van der Waals surface area (Å²) in [6, 6.07) is 0.475. The van der Waals surface area contributed by atoms with Crippen LogP contribution in [0, 0.1) is 0 Å². The Morgan fingerprint density at radius 1 is 1.46 bits per heavy atom. The number of nitrogens with one attached hydrogen (secondary N) is 1. The highest BCUT2D eigenvalue weighted by Gasteiger charge is 2.19. The van der Waals surface area contributed by atoms with E-state index in [1.165, 1.54) is 0 Å². The van der Waals surface area contributed by atoms with E-state index in [0.29, 0.717) is 19.3 Å². The summed E-state index contributed by atoms with van der Waals surface area (Å²) in [7, 11) is 0. The first-order chi connectivity index (χ1) is 5.98. The molecule has 1 atom stereocenters. The van der Waals surface area contributed by atoms with Crippen molar-refractivity contribution in [3.8, 4) is 0 Å². The van der Waals surface area contributed by atoms with Crippen LogP contribution < -0.4 is 5.32 Å². The van der Waals surface area contributed by atoms with Gasteiger partial charge in [-0.2, -0.15) is 0 Å². The van der Waals surface area contributed by atoms with Crippen LogP contribution in [0.3, 0.4) is 0 Å². The summed E-state index contributed by atoms with van der Waals surface area (Å²) in [5, 5.41) is 13.1. The maximum Gasteiger partial charge on any atom is 0.0864 e. The monoisotopic (exact) mass is 189 g/mol. The van der Waals surface area contributed by atoms with Crippen LogP contribution >= 0.6 is 0 Å². The summed E-state index contributed by atoms with van der Waals surface area (Å²) in [5.74, 6) is 0. The highest BCUT2D eigenvalue weighted by atomic mass is 16.5.